The van der Waals surface area contributed by atoms with E-state index in [-0.39, 0.29) is 5.56 Å². The number of aryl methyl sites for hydroxylation is 2. The molecule has 0 spiro atoms. The van der Waals surface area contributed by atoms with Crippen LogP contribution in [0.3, 0.4) is 0 Å². The maximum absolute atomic E-state index is 12.1. The number of hydrogen-bond donors (Lipinski definition) is 0. The zero-order valence-electron chi connectivity index (χ0n) is 12.4. The van der Waals surface area contributed by atoms with Crippen LogP contribution >= 0.6 is 0 Å². The van der Waals surface area contributed by atoms with Gasteiger partial charge in [-0.15, -0.1) is 0 Å². The summed E-state index contributed by atoms with van der Waals surface area (Å²) >= 11 is 0. The first kappa shape index (κ1) is 13.3. The summed E-state index contributed by atoms with van der Waals surface area (Å²) in [5.74, 6) is 0.769. The molecule has 1 saturated heterocycles. The van der Waals surface area contributed by atoms with Crippen LogP contribution in [0.15, 0.2) is 16.9 Å². The van der Waals surface area contributed by atoms with Crippen LogP contribution in [0, 0.1) is 6.92 Å². The molecular weight excluding hydrogens is 252 g/mol. The van der Waals surface area contributed by atoms with Gasteiger partial charge < -0.3 is 4.74 Å². The van der Waals surface area contributed by atoms with E-state index in [2.05, 4.69) is 19.9 Å². The summed E-state index contributed by atoms with van der Waals surface area (Å²) in [6.45, 7) is 7.68. The van der Waals surface area contributed by atoms with E-state index < -0.39 is 0 Å². The van der Waals surface area contributed by atoms with Crippen LogP contribution in [0.4, 0.5) is 0 Å². The summed E-state index contributed by atoms with van der Waals surface area (Å²) < 4.78 is 6.93. The summed E-state index contributed by atoms with van der Waals surface area (Å²) in [5, 5.41) is 1.09. The van der Waals surface area contributed by atoms with Crippen molar-refractivity contribution in [1.82, 2.24) is 9.55 Å². The molecule has 0 N–H and O–H groups in total. The first-order valence-electron chi connectivity index (χ1n) is 7.08. The largest absolute Gasteiger partial charge is 0.380 e. The lowest BCUT2D eigenvalue weighted by molar-refractivity contribution is 0.00678. The Labute approximate surface area is 118 Å². The SMILES string of the molecule is Cc1cc2c(C(C)C)cc(C3COC3)nc2n(C)c1=O. The highest BCUT2D eigenvalue weighted by atomic mass is 16.5. The van der Waals surface area contributed by atoms with Gasteiger partial charge in [0, 0.05) is 23.9 Å². The van der Waals surface area contributed by atoms with E-state index >= 15 is 0 Å². The lowest BCUT2D eigenvalue weighted by atomic mass is 9.94. The van der Waals surface area contributed by atoms with Crippen LogP contribution in [0.1, 0.15) is 42.5 Å². The van der Waals surface area contributed by atoms with Crippen molar-refractivity contribution in [2.75, 3.05) is 13.2 Å². The molecule has 0 bridgehead atoms. The molecule has 1 aliphatic rings. The van der Waals surface area contributed by atoms with Crippen LogP contribution in [-0.4, -0.2) is 22.8 Å². The Morgan fingerprint density at radius 3 is 2.60 bits per heavy atom. The van der Waals surface area contributed by atoms with E-state index in [1.54, 1.807) is 11.6 Å². The molecule has 1 fully saturated rings. The normalized spacial score (nSPS) is 15.8. The Morgan fingerprint density at radius 1 is 1.35 bits per heavy atom. The number of aromatic nitrogens is 2. The average molecular weight is 272 g/mol. The van der Waals surface area contributed by atoms with Crippen molar-refractivity contribution in [3.05, 3.63) is 39.3 Å². The summed E-state index contributed by atoms with van der Waals surface area (Å²) in [7, 11) is 1.80. The lowest BCUT2D eigenvalue weighted by Crippen LogP contribution is -2.27. The van der Waals surface area contributed by atoms with Crippen LogP contribution in [0.2, 0.25) is 0 Å². The topological polar surface area (TPSA) is 44.1 Å². The van der Waals surface area contributed by atoms with E-state index in [1.165, 1.54) is 5.56 Å². The van der Waals surface area contributed by atoms with Gasteiger partial charge in [-0.05, 0) is 30.5 Å². The lowest BCUT2D eigenvalue weighted by Gasteiger charge is -2.27. The molecule has 0 aromatic carbocycles. The number of ether oxygens (including phenoxy) is 1. The third kappa shape index (κ3) is 1.95. The van der Waals surface area contributed by atoms with Gasteiger partial charge in [0.05, 0.1) is 18.9 Å². The van der Waals surface area contributed by atoms with Gasteiger partial charge in [0.25, 0.3) is 5.56 Å². The van der Waals surface area contributed by atoms with Crippen molar-refractivity contribution >= 4 is 11.0 Å². The molecule has 4 nitrogen and oxygen atoms in total. The first-order valence-corrected chi connectivity index (χ1v) is 7.08. The predicted molar refractivity (Wildman–Crippen MR) is 79.4 cm³/mol. The predicted octanol–water partition coefficient (Wildman–Crippen LogP) is 2.48. The summed E-state index contributed by atoms with van der Waals surface area (Å²) in [6, 6.07) is 4.16. The van der Waals surface area contributed by atoms with Crippen molar-refractivity contribution in [3.8, 4) is 0 Å². The van der Waals surface area contributed by atoms with Gasteiger partial charge in [-0.1, -0.05) is 13.8 Å². The zero-order valence-corrected chi connectivity index (χ0v) is 12.4. The highest BCUT2D eigenvalue weighted by molar-refractivity contribution is 5.80. The molecule has 0 unspecified atom stereocenters. The third-order valence-electron chi connectivity index (χ3n) is 4.09. The molecule has 0 radical (unpaired) electrons. The number of fused-ring (bicyclic) bond motifs is 1. The minimum Gasteiger partial charge on any atom is -0.380 e. The van der Waals surface area contributed by atoms with Gasteiger partial charge in [0.15, 0.2) is 0 Å². The van der Waals surface area contributed by atoms with Gasteiger partial charge >= 0.3 is 0 Å². The molecule has 4 heteroatoms. The minimum absolute atomic E-state index is 0.0294. The Hall–Kier alpha value is -1.68. The molecule has 3 heterocycles. The molecule has 106 valence electrons. The van der Waals surface area contributed by atoms with Gasteiger partial charge in [-0.3, -0.25) is 9.36 Å². The van der Waals surface area contributed by atoms with E-state index in [9.17, 15) is 4.79 Å². The number of pyridine rings is 2. The van der Waals surface area contributed by atoms with Crippen molar-refractivity contribution in [3.63, 3.8) is 0 Å². The van der Waals surface area contributed by atoms with Crippen molar-refractivity contribution in [2.45, 2.75) is 32.6 Å². The molecule has 3 rings (SSSR count). The Kier molecular flexibility index (Phi) is 3.13. The first-order chi connectivity index (χ1) is 9.49. The summed E-state index contributed by atoms with van der Waals surface area (Å²) in [6.07, 6.45) is 0. The third-order valence-corrected chi connectivity index (χ3v) is 4.09. The van der Waals surface area contributed by atoms with E-state index in [0.29, 0.717) is 11.8 Å². The van der Waals surface area contributed by atoms with Gasteiger partial charge in [0.2, 0.25) is 0 Å². The quantitative estimate of drug-likeness (QED) is 0.843. The van der Waals surface area contributed by atoms with Gasteiger partial charge in [-0.2, -0.15) is 0 Å². The standard InChI is InChI=1S/C16H20N2O2/c1-9(2)12-6-14(11-7-20-8-11)17-15-13(12)5-10(3)16(19)18(15)4/h5-6,9,11H,7-8H2,1-4H3. The molecule has 2 aromatic heterocycles. The van der Waals surface area contributed by atoms with Gasteiger partial charge in [0.1, 0.15) is 5.65 Å². The average Bonchev–Trinajstić information content (AvgIpc) is 2.34. The summed E-state index contributed by atoms with van der Waals surface area (Å²) in [5.41, 5.74) is 3.89. The highest BCUT2D eigenvalue weighted by Gasteiger charge is 2.24. The molecule has 0 aliphatic carbocycles. The van der Waals surface area contributed by atoms with Gasteiger partial charge in [-0.25, -0.2) is 4.98 Å². The number of rotatable bonds is 2. The molecule has 2 aromatic rings. The minimum atomic E-state index is 0.0294. The van der Waals surface area contributed by atoms with E-state index in [1.807, 2.05) is 13.0 Å². The van der Waals surface area contributed by atoms with Crippen molar-refractivity contribution < 1.29 is 4.74 Å². The summed E-state index contributed by atoms with van der Waals surface area (Å²) in [4.78, 5) is 16.9. The zero-order chi connectivity index (χ0) is 14.4. The van der Waals surface area contributed by atoms with Crippen LogP contribution in [-0.2, 0) is 11.8 Å². The van der Waals surface area contributed by atoms with Crippen LogP contribution < -0.4 is 5.56 Å². The molecular formula is C16H20N2O2. The van der Waals surface area contributed by atoms with Crippen LogP contribution in [0.5, 0.6) is 0 Å². The second-order valence-corrected chi connectivity index (χ2v) is 5.95. The second kappa shape index (κ2) is 4.70. The monoisotopic (exact) mass is 272 g/mol. The molecule has 0 amide bonds. The fourth-order valence-corrected chi connectivity index (χ4v) is 2.72. The van der Waals surface area contributed by atoms with Crippen molar-refractivity contribution in [2.24, 2.45) is 7.05 Å². The molecule has 20 heavy (non-hydrogen) atoms. The van der Waals surface area contributed by atoms with Crippen LogP contribution in [0.25, 0.3) is 11.0 Å². The molecule has 1 aliphatic heterocycles. The molecule has 0 atom stereocenters. The fraction of sp³-hybridized carbons (Fsp3) is 0.500. The Bertz CT molecular complexity index is 727. The van der Waals surface area contributed by atoms with E-state index in [4.69, 9.17) is 9.72 Å². The fourth-order valence-electron chi connectivity index (χ4n) is 2.72. The maximum atomic E-state index is 12.1. The second-order valence-electron chi connectivity index (χ2n) is 5.95. The molecule has 0 saturated carbocycles. The number of nitrogens with zero attached hydrogens (tertiary/aromatic N) is 2. The van der Waals surface area contributed by atoms with E-state index in [0.717, 1.165) is 35.5 Å². The highest BCUT2D eigenvalue weighted by Crippen LogP contribution is 2.30. The number of hydrogen-bond acceptors (Lipinski definition) is 3. The van der Waals surface area contributed by atoms with Crippen molar-refractivity contribution in [1.29, 1.82) is 0 Å². The maximum Gasteiger partial charge on any atom is 0.254 e. The smallest absolute Gasteiger partial charge is 0.254 e. The Morgan fingerprint density at radius 2 is 2.05 bits per heavy atom. The Balaban J connectivity index is 2.35.